The Labute approximate surface area is 184 Å². The summed E-state index contributed by atoms with van der Waals surface area (Å²) in [5.74, 6) is 0.204. The van der Waals surface area contributed by atoms with E-state index in [1.54, 1.807) is 24.3 Å². The monoisotopic (exact) mass is 419 g/mol. The molecule has 2 aliphatic carbocycles. The van der Waals surface area contributed by atoms with E-state index in [9.17, 15) is 9.59 Å². The molecule has 5 heteroatoms. The van der Waals surface area contributed by atoms with Gasteiger partial charge in [-0.05, 0) is 11.6 Å². The minimum Gasteiger partial charge on any atom is -0.468 e. The second kappa shape index (κ2) is 7.17. The number of rotatable bonds is 3. The summed E-state index contributed by atoms with van der Waals surface area (Å²) in [7, 11) is 0. The van der Waals surface area contributed by atoms with E-state index in [0.29, 0.717) is 45.9 Å². The van der Waals surface area contributed by atoms with Crippen LogP contribution in [0.5, 0.6) is 5.75 Å². The van der Waals surface area contributed by atoms with Gasteiger partial charge in [0.2, 0.25) is 17.6 Å². The fourth-order valence-corrected chi connectivity index (χ4v) is 4.44. The first-order valence-corrected chi connectivity index (χ1v) is 10.5. The molecule has 0 bridgehead atoms. The Hall–Kier alpha value is -4.25. The molecule has 3 aromatic carbocycles. The highest BCUT2D eigenvalue weighted by molar-refractivity contribution is 6.32. The van der Waals surface area contributed by atoms with Crippen molar-refractivity contribution in [2.24, 2.45) is 0 Å². The van der Waals surface area contributed by atoms with Crippen molar-refractivity contribution in [1.82, 2.24) is 0 Å². The van der Waals surface area contributed by atoms with E-state index in [2.05, 4.69) is 10.3 Å². The molecule has 0 fully saturated rings. The molecule has 1 unspecified atom stereocenters. The van der Waals surface area contributed by atoms with E-state index in [-0.39, 0.29) is 17.7 Å². The summed E-state index contributed by atoms with van der Waals surface area (Å²) in [6.45, 7) is 0.520. The highest BCUT2D eigenvalue weighted by atomic mass is 16.5. The number of carbonyl (C=O) groups is 2. The predicted octanol–water partition coefficient (Wildman–Crippen LogP) is 3.11. The van der Waals surface area contributed by atoms with Crippen molar-refractivity contribution < 1.29 is 19.3 Å². The van der Waals surface area contributed by atoms with Gasteiger partial charge >= 0.3 is 0 Å². The molecule has 3 aromatic rings. The summed E-state index contributed by atoms with van der Waals surface area (Å²) >= 11 is 0. The Morgan fingerprint density at radius 3 is 2.38 bits per heavy atom. The second-order valence-corrected chi connectivity index (χ2v) is 7.95. The minimum absolute atomic E-state index is 0.165. The van der Waals surface area contributed by atoms with Crippen molar-refractivity contribution in [2.75, 3.05) is 5.32 Å². The van der Waals surface area contributed by atoms with Gasteiger partial charge in [-0.15, -0.1) is 0 Å². The van der Waals surface area contributed by atoms with Crippen LogP contribution in [0.15, 0.2) is 85.0 Å². The highest BCUT2D eigenvalue weighted by Gasteiger charge is 2.40. The van der Waals surface area contributed by atoms with Crippen LogP contribution in [0, 0.1) is 0 Å². The largest absolute Gasteiger partial charge is 0.468 e. The van der Waals surface area contributed by atoms with E-state index >= 15 is 0 Å². The van der Waals surface area contributed by atoms with Gasteiger partial charge in [-0.25, -0.2) is 4.99 Å². The van der Waals surface area contributed by atoms with E-state index in [1.165, 1.54) is 0 Å². The van der Waals surface area contributed by atoms with Gasteiger partial charge < -0.3 is 10.1 Å². The molecule has 32 heavy (non-hydrogen) atoms. The molecule has 0 amide bonds. The highest BCUT2D eigenvalue weighted by Crippen LogP contribution is 2.41. The lowest BCUT2D eigenvalue weighted by Crippen LogP contribution is -2.72. The quantitative estimate of drug-likeness (QED) is 0.535. The summed E-state index contributed by atoms with van der Waals surface area (Å²) in [5.41, 5.74) is 4.64. The fourth-order valence-electron chi connectivity index (χ4n) is 4.44. The maximum absolute atomic E-state index is 13.6. The van der Waals surface area contributed by atoms with Crippen LogP contribution in [0.4, 0.5) is 11.4 Å². The number of hydrogen-bond donors (Lipinski definition) is 2. The molecule has 5 nitrogen and oxygen atoms in total. The maximum Gasteiger partial charge on any atom is 0.258 e. The number of anilines is 1. The minimum atomic E-state index is -0.255. The molecule has 3 aliphatic rings. The van der Waals surface area contributed by atoms with Crippen molar-refractivity contribution in [2.45, 2.75) is 12.6 Å². The van der Waals surface area contributed by atoms with Gasteiger partial charge in [-0.3, -0.25) is 9.59 Å². The first-order valence-electron chi connectivity index (χ1n) is 10.5. The summed E-state index contributed by atoms with van der Waals surface area (Å²) < 4.78 is 6.23. The lowest BCUT2D eigenvalue weighted by molar-refractivity contribution is -0.362. The molecule has 6 rings (SSSR count). The SMILES string of the molecule is O=C1c2ccccc2C(=O)c2c3c(cc(NCc4ccccc4)c21)OC1C=CC=CC1=[NH+]3. The molecule has 0 spiro atoms. The zero-order valence-electron chi connectivity index (χ0n) is 17.1. The van der Waals surface area contributed by atoms with Crippen LogP contribution in [0.1, 0.15) is 37.4 Å². The fraction of sp³-hybridized carbons (Fsp3) is 0.0741. The summed E-state index contributed by atoms with van der Waals surface area (Å²) in [6, 6.07) is 18.7. The van der Waals surface area contributed by atoms with Crippen LogP contribution >= 0.6 is 0 Å². The van der Waals surface area contributed by atoms with Gasteiger partial charge in [0, 0.05) is 29.8 Å². The Balaban J connectivity index is 1.54. The van der Waals surface area contributed by atoms with Crippen LogP contribution in [-0.4, -0.2) is 23.4 Å². The maximum atomic E-state index is 13.6. The molecule has 0 saturated heterocycles. The lowest BCUT2D eigenvalue weighted by atomic mass is 9.81. The second-order valence-electron chi connectivity index (χ2n) is 7.95. The van der Waals surface area contributed by atoms with Crippen LogP contribution in [-0.2, 0) is 6.54 Å². The number of ketones is 2. The normalized spacial score (nSPS) is 17.5. The number of nitrogens with one attached hydrogen (secondary N) is 2. The van der Waals surface area contributed by atoms with E-state index in [1.807, 2.05) is 60.7 Å². The Morgan fingerprint density at radius 2 is 1.59 bits per heavy atom. The number of carbonyl (C=O) groups excluding carboxylic acids is 2. The van der Waals surface area contributed by atoms with Gasteiger partial charge in [0.1, 0.15) is 5.56 Å². The van der Waals surface area contributed by atoms with Crippen molar-refractivity contribution in [3.05, 3.63) is 113 Å². The molecule has 2 N–H and O–H groups in total. The van der Waals surface area contributed by atoms with Crippen LogP contribution in [0.2, 0.25) is 0 Å². The number of fused-ring (bicyclic) bond motifs is 5. The van der Waals surface area contributed by atoms with E-state index in [4.69, 9.17) is 4.74 Å². The van der Waals surface area contributed by atoms with Crippen LogP contribution in [0.25, 0.3) is 0 Å². The van der Waals surface area contributed by atoms with E-state index < -0.39 is 0 Å². The first kappa shape index (κ1) is 18.5. The third kappa shape index (κ3) is 2.82. The van der Waals surface area contributed by atoms with Gasteiger partial charge in [0.25, 0.3) is 5.69 Å². The van der Waals surface area contributed by atoms with Gasteiger partial charge in [-0.2, -0.15) is 0 Å². The molecular weight excluding hydrogens is 400 g/mol. The lowest BCUT2D eigenvalue weighted by Gasteiger charge is -2.26. The number of allylic oxidation sites excluding steroid dienone is 2. The van der Waals surface area contributed by atoms with Crippen molar-refractivity contribution in [3.8, 4) is 5.75 Å². The van der Waals surface area contributed by atoms with Crippen molar-refractivity contribution in [3.63, 3.8) is 0 Å². The molecular formula is C27H19N2O3+. The molecule has 1 heterocycles. The van der Waals surface area contributed by atoms with Gasteiger partial charge in [-0.1, -0.05) is 66.7 Å². The molecule has 1 atom stereocenters. The molecule has 1 aliphatic heterocycles. The summed E-state index contributed by atoms with van der Waals surface area (Å²) in [4.78, 5) is 30.5. The first-order chi connectivity index (χ1) is 15.7. The smallest absolute Gasteiger partial charge is 0.258 e. The summed E-state index contributed by atoms with van der Waals surface area (Å²) in [5, 5.41) is 3.37. The zero-order valence-corrected chi connectivity index (χ0v) is 17.1. The Morgan fingerprint density at radius 1 is 0.875 bits per heavy atom. The molecule has 0 radical (unpaired) electrons. The van der Waals surface area contributed by atoms with Crippen LogP contribution < -0.4 is 15.0 Å². The van der Waals surface area contributed by atoms with E-state index in [0.717, 1.165) is 11.3 Å². The van der Waals surface area contributed by atoms with Crippen molar-refractivity contribution in [1.29, 1.82) is 0 Å². The number of benzene rings is 3. The third-order valence-electron chi connectivity index (χ3n) is 5.99. The Bertz CT molecular complexity index is 1380. The van der Waals surface area contributed by atoms with Gasteiger partial charge in [0.15, 0.2) is 11.5 Å². The number of hydrogen-bond acceptors (Lipinski definition) is 4. The molecule has 0 aromatic heterocycles. The zero-order chi connectivity index (χ0) is 21.7. The molecule has 154 valence electrons. The summed E-state index contributed by atoms with van der Waals surface area (Å²) in [6.07, 6.45) is 7.46. The third-order valence-corrected chi connectivity index (χ3v) is 5.99. The Kier molecular flexibility index (Phi) is 4.15. The average molecular weight is 419 g/mol. The topological polar surface area (TPSA) is 69.4 Å². The van der Waals surface area contributed by atoms with Gasteiger partial charge in [0.05, 0.1) is 11.3 Å². The number of ether oxygens (including phenoxy) is 1. The predicted molar refractivity (Wildman–Crippen MR) is 122 cm³/mol. The standard InChI is InChI=1S/C27H18N2O3/c30-26-17-10-4-5-11-18(17)27(31)24-23(26)20(28-15-16-8-2-1-3-9-16)14-22-25(24)29-19-12-6-7-13-21(19)32-22/h1-14,21,28H,15H2/p+1. The molecule has 0 saturated carbocycles. The average Bonchev–Trinajstić information content (AvgIpc) is 2.84. The van der Waals surface area contributed by atoms with Crippen molar-refractivity contribution >= 4 is 28.7 Å². The van der Waals surface area contributed by atoms with Crippen LogP contribution in [0.3, 0.4) is 0 Å².